The molecule has 90 valence electrons. The fourth-order valence-electron chi connectivity index (χ4n) is 1.19. The summed E-state index contributed by atoms with van der Waals surface area (Å²) in [6.45, 7) is 6.11. The summed E-state index contributed by atoms with van der Waals surface area (Å²) in [5.74, 6) is 3.13. The van der Waals surface area contributed by atoms with Crippen LogP contribution in [0.25, 0.3) is 0 Å². The smallest absolute Gasteiger partial charge is 0.103 e. The highest BCUT2D eigenvalue weighted by molar-refractivity contribution is 5.04. The van der Waals surface area contributed by atoms with E-state index in [-0.39, 0.29) is 7.43 Å². The quantitative estimate of drug-likeness (QED) is 0.740. The van der Waals surface area contributed by atoms with Crippen molar-refractivity contribution in [3.63, 3.8) is 0 Å². The normalized spacial score (nSPS) is 8.94. The van der Waals surface area contributed by atoms with Gasteiger partial charge in [-0.2, -0.15) is 0 Å². The monoisotopic (exact) mass is 222 g/mol. The summed E-state index contributed by atoms with van der Waals surface area (Å²) in [6, 6.07) is 7.87. The van der Waals surface area contributed by atoms with Gasteiger partial charge >= 0.3 is 0 Å². The largest absolute Gasteiger partial charge is 0.469 e. The zero-order valence-electron chi connectivity index (χ0n) is 9.62. The van der Waals surface area contributed by atoms with E-state index in [1.807, 2.05) is 31.2 Å². The van der Waals surface area contributed by atoms with Gasteiger partial charge < -0.3 is 8.83 Å². The zero-order valence-corrected chi connectivity index (χ0v) is 9.62. The standard InChI is InChI=1S/C7H10O.C6H8O.CH4/c1-3-7-5-4-6(2)8-7;1-2-6-4-3-5-7-6;/h4-5H,3H2,1-2H3;3-5H,2H2,1H3;1H4. The van der Waals surface area contributed by atoms with Crippen molar-refractivity contribution in [1.29, 1.82) is 0 Å². The third kappa shape index (κ3) is 4.87. The van der Waals surface area contributed by atoms with Crippen LogP contribution in [-0.4, -0.2) is 0 Å². The van der Waals surface area contributed by atoms with Crippen LogP contribution in [0, 0.1) is 6.92 Å². The van der Waals surface area contributed by atoms with E-state index < -0.39 is 0 Å². The van der Waals surface area contributed by atoms with Crippen LogP contribution in [0.5, 0.6) is 0 Å². The number of hydrogen-bond donors (Lipinski definition) is 0. The third-order valence-electron chi connectivity index (χ3n) is 2.07. The first-order valence-corrected chi connectivity index (χ1v) is 5.34. The lowest BCUT2D eigenvalue weighted by atomic mass is 10.4. The molecule has 0 unspecified atom stereocenters. The molecule has 2 nitrogen and oxygen atoms in total. The van der Waals surface area contributed by atoms with Gasteiger partial charge in [-0.25, -0.2) is 0 Å². The molecule has 2 heterocycles. The second-order valence-corrected chi connectivity index (χ2v) is 3.30. The van der Waals surface area contributed by atoms with Crippen molar-refractivity contribution in [3.8, 4) is 0 Å². The van der Waals surface area contributed by atoms with Gasteiger partial charge in [0.15, 0.2) is 0 Å². The first-order valence-electron chi connectivity index (χ1n) is 5.34. The SMILES string of the molecule is C.CCc1ccc(C)o1.CCc1ccco1. The maximum Gasteiger partial charge on any atom is 0.103 e. The number of furan rings is 2. The van der Waals surface area contributed by atoms with Gasteiger partial charge in [0, 0.05) is 12.8 Å². The Morgan fingerprint density at radius 1 is 1.00 bits per heavy atom. The maximum absolute atomic E-state index is 5.23. The minimum absolute atomic E-state index is 0. The van der Waals surface area contributed by atoms with Crippen LogP contribution < -0.4 is 0 Å². The van der Waals surface area contributed by atoms with Gasteiger partial charge in [0.25, 0.3) is 0 Å². The first kappa shape index (κ1) is 14.6. The Bertz CT molecular complexity index is 358. The van der Waals surface area contributed by atoms with Crippen LogP contribution in [0.15, 0.2) is 39.4 Å². The molecule has 0 N–H and O–H groups in total. The minimum atomic E-state index is 0. The van der Waals surface area contributed by atoms with Gasteiger partial charge in [-0.3, -0.25) is 0 Å². The number of aryl methyl sites for hydroxylation is 3. The van der Waals surface area contributed by atoms with Crippen molar-refractivity contribution in [3.05, 3.63) is 47.8 Å². The molecule has 0 spiro atoms. The molecule has 0 amide bonds. The van der Waals surface area contributed by atoms with Gasteiger partial charge in [0.05, 0.1) is 6.26 Å². The molecule has 0 saturated heterocycles. The lowest BCUT2D eigenvalue weighted by molar-refractivity contribution is 0.489. The number of hydrogen-bond acceptors (Lipinski definition) is 2. The predicted octanol–water partition coefficient (Wildman–Crippen LogP) is 4.63. The summed E-state index contributed by atoms with van der Waals surface area (Å²) in [5, 5.41) is 0. The van der Waals surface area contributed by atoms with E-state index in [9.17, 15) is 0 Å². The van der Waals surface area contributed by atoms with Crippen molar-refractivity contribution >= 4 is 0 Å². The van der Waals surface area contributed by atoms with Crippen LogP contribution in [0.4, 0.5) is 0 Å². The Labute approximate surface area is 98.3 Å². The molecule has 0 aliphatic rings. The van der Waals surface area contributed by atoms with Crippen molar-refractivity contribution in [2.24, 2.45) is 0 Å². The lowest BCUT2D eigenvalue weighted by Gasteiger charge is -1.83. The molecule has 0 radical (unpaired) electrons. The molecule has 0 atom stereocenters. The zero-order chi connectivity index (χ0) is 11.1. The highest BCUT2D eigenvalue weighted by atomic mass is 16.3. The first-order chi connectivity index (χ1) is 7.26. The molecule has 0 aromatic carbocycles. The van der Waals surface area contributed by atoms with Gasteiger partial charge in [0.1, 0.15) is 17.3 Å². The van der Waals surface area contributed by atoms with E-state index in [4.69, 9.17) is 8.83 Å². The van der Waals surface area contributed by atoms with E-state index >= 15 is 0 Å². The van der Waals surface area contributed by atoms with E-state index in [0.29, 0.717) is 0 Å². The van der Waals surface area contributed by atoms with Crippen LogP contribution >= 0.6 is 0 Å². The highest BCUT2D eigenvalue weighted by Gasteiger charge is 1.91. The van der Waals surface area contributed by atoms with Gasteiger partial charge in [-0.1, -0.05) is 21.3 Å². The summed E-state index contributed by atoms with van der Waals surface area (Å²) in [4.78, 5) is 0. The van der Waals surface area contributed by atoms with Crippen LogP contribution in [-0.2, 0) is 12.8 Å². The minimum Gasteiger partial charge on any atom is -0.469 e. The summed E-state index contributed by atoms with van der Waals surface area (Å²) in [7, 11) is 0. The molecule has 0 bridgehead atoms. The molecule has 16 heavy (non-hydrogen) atoms. The maximum atomic E-state index is 5.23. The molecule has 2 rings (SSSR count). The van der Waals surface area contributed by atoms with Crippen LogP contribution in [0.1, 0.15) is 38.6 Å². The predicted molar refractivity (Wildman–Crippen MR) is 67.6 cm³/mol. The van der Waals surface area contributed by atoms with Crippen molar-refractivity contribution in [2.45, 2.75) is 41.0 Å². The molecule has 0 fully saturated rings. The molecule has 0 saturated carbocycles. The molecule has 0 aliphatic heterocycles. The molecular weight excluding hydrogens is 200 g/mol. The van der Waals surface area contributed by atoms with Gasteiger partial charge in [-0.15, -0.1) is 0 Å². The average molecular weight is 222 g/mol. The van der Waals surface area contributed by atoms with Gasteiger partial charge in [0.2, 0.25) is 0 Å². The Balaban J connectivity index is 0.000000267. The highest BCUT2D eigenvalue weighted by Crippen LogP contribution is 2.05. The Morgan fingerprint density at radius 3 is 1.94 bits per heavy atom. The van der Waals surface area contributed by atoms with Crippen molar-refractivity contribution in [2.75, 3.05) is 0 Å². The Kier molecular flexibility index (Phi) is 7.10. The summed E-state index contributed by atoms with van der Waals surface area (Å²) in [5.41, 5.74) is 0. The lowest BCUT2D eigenvalue weighted by Crippen LogP contribution is -1.67. The molecule has 0 aliphatic carbocycles. The Morgan fingerprint density at radius 2 is 1.69 bits per heavy atom. The van der Waals surface area contributed by atoms with E-state index in [1.54, 1.807) is 6.26 Å². The topological polar surface area (TPSA) is 26.3 Å². The fraction of sp³-hybridized carbons (Fsp3) is 0.429. The Hall–Kier alpha value is -1.44. The summed E-state index contributed by atoms with van der Waals surface area (Å²) in [6.07, 6.45) is 3.68. The third-order valence-corrected chi connectivity index (χ3v) is 2.07. The summed E-state index contributed by atoms with van der Waals surface area (Å²) >= 11 is 0. The van der Waals surface area contributed by atoms with Gasteiger partial charge in [-0.05, 0) is 31.2 Å². The second-order valence-electron chi connectivity index (χ2n) is 3.30. The molecule has 2 heteroatoms. The van der Waals surface area contributed by atoms with Crippen molar-refractivity contribution in [1.82, 2.24) is 0 Å². The molecule has 2 aromatic rings. The average Bonchev–Trinajstić information content (AvgIpc) is 2.88. The van der Waals surface area contributed by atoms with E-state index in [0.717, 1.165) is 30.1 Å². The fourth-order valence-corrected chi connectivity index (χ4v) is 1.19. The van der Waals surface area contributed by atoms with E-state index in [1.165, 1.54) is 0 Å². The van der Waals surface area contributed by atoms with Crippen LogP contribution in [0.2, 0.25) is 0 Å². The van der Waals surface area contributed by atoms with E-state index in [2.05, 4.69) is 13.8 Å². The summed E-state index contributed by atoms with van der Waals surface area (Å²) < 4.78 is 10.2. The second kappa shape index (κ2) is 7.80. The molecule has 2 aromatic heterocycles. The number of rotatable bonds is 2. The van der Waals surface area contributed by atoms with Crippen molar-refractivity contribution < 1.29 is 8.83 Å². The molecular formula is C14H22O2. The van der Waals surface area contributed by atoms with Crippen LogP contribution in [0.3, 0.4) is 0 Å².